The number of β-lactam (4-membered cyclic amide) rings is 1. The van der Waals surface area contributed by atoms with Crippen molar-refractivity contribution < 1.29 is 28.9 Å². The molecule has 0 saturated carbocycles. The number of carboxylic acids is 1. The maximum Gasteiger partial charge on any atom is 0.276 e. The Labute approximate surface area is 218 Å². The Morgan fingerprint density at radius 3 is 2.84 bits per heavy atom. The number of nitrogens with zero attached hydrogens (tertiary/aromatic N) is 5. The predicted octanol–water partition coefficient (Wildman–Crippen LogP) is -1.24. The number of hydrogen-bond acceptors (Lipinski definition) is 11. The molecule has 2 atom stereocenters. The van der Waals surface area contributed by atoms with Crippen LogP contribution in [0.25, 0.3) is 0 Å². The smallest absolute Gasteiger partial charge is 0.276 e. The Morgan fingerprint density at radius 1 is 1.35 bits per heavy atom. The highest BCUT2D eigenvalue weighted by Gasteiger charge is 2.53. The molecule has 0 aliphatic carbocycles. The number of carboxylic acid groups (broad SMARTS) is 1. The number of aromatic amines is 1. The molecule has 4 N–H and O–H groups in total. The van der Waals surface area contributed by atoms with Gasteiger partial charge in [0.05, 0.1) is 23.7 Å². The Hall–Kier alpha value is -4.24. The molecule has 0 bridgehead atoms. The number of oxime groups is 1. The molecule has 2 aliphatic heterocycles. The lowest BCUT2D eigenvalue weighted by Gasteiger charge is -2.50. The molecule has 190 valence electrons. The molecule has 0 aromatic carbocycles. The number of anilines is 1. The van der Waals surface area contributed by atoms with Crippen LogP contribution in [0, 0.1) is 0 Å². The summed E-state index contributed by atoms with van der Waals surface area (Å²) in [5.41, 5.74) is 6.66. The Balaban J connectivity index is 1.32. The fourth-order valence-corrected chi connectivity index (χ4v) is 5.78. The third kappa shape index (κ3) is 5.03. The predicted molar refractivity (Wildman–Crippen MR) is 130 cm³/mol. The van der Waals surface area contributed by atoms with Gasteiger partial charge >= 0.3 is 0 Å². The van der Waals surface area contributed by atoms with Crippen LogP contribution in [0.4, 0.5) is 5.13 Å². The van der Waals surface area contributed by atoms with Crippen molar-refractivity contribution >= 4 is 51.7 Å². The second-order valence-corrected chi connectivity index (χ2v) is 9.99. The molecule has 1 saturated heterocycles. The highest BCUT2D eigenvalue weighted by molar-refractivity contribution is 8.00. The van der Waals surface area contributed by atoms with Gasteiger partial charge < -0.3 is 30.8 Å². The fraction of sp³-hybridized carbons (Fsp3) is 0.227. The van der Waals surface area contributed by atoms with Crippen LogP contribution in [0.2, 0.25) is 0 Å². The first-order chi connectivity index (χ1) is 17.9. The number of aliphatic carboxylic acids is 1. The van der Waals surface area contributed by atoms with Gasteiger partial charge in [-0.25, -0.2) is 14.5 Å². The molecule has 0 unspecified atom stereocenters. The lowest BCUT2D eigenvalue weighted by Crippen LogP contribution is -2.71. The van der Waals surface area contributed by atoms with Gasteiger partial charge in [0.15, 0.2) is 36.4 Å². The van der Waals surface area contributed by atoms with Crippen molar-refractivity contribution in [3.05, 3.63) is 71.2 Å². The summed E-state index contributed by atoms with van der Waals surface area (Å²) in [5, 5.41) is 19.7. The Kier molecular flexibility index (Phi) is 6.87. The largest absolute Gasteiger partial charge is 0.543 e. The van der Waals surface area contributed by atoms with Gasteiger partial charge in [-0.05, 0) is 0 Å². The maximum absolute atomic E-state index is 13.1. The molecule has 1 fully saturated rings. The number of thioether (sulfide) groups is 1. The summed E-state index contributed by atoms with van der Waals surface area (Å²) in [7, 11) is 0. The molecule has 2 aliphatic rings. The van der Waals surface area contributed by atoms with Crippen LogP contribution < -0.4 is 20.7 Å². The number of rotatable bonds is 9. The summed E-state index contributed by atoms with van der Waals surface area (Å²) < 4.78 is 1.81. The van der Waals surface area contributed by atoms with E-state index >= 15 is 0 Å². The number of fused-ring (bicyclic) bond motifs is 1. The molecule has 37 heavy (non-hydrogen) atoms. The first kappa shape index (κ1) is 24.5. The number of nitrogen functional groups attached to an aromatic ring is 1. The van der Waals surface area contributed by atoms with Crippen molar-refractivity contribution in [2.45, 2.75) is 24.6 Å². The number of amides is 2. The normalized spacial score (nSPS) is 19.3. The van der Waals surface area contributed by atoms with Crippen LogP contribution in [-0.4, -0.2) is 60.5 Å². The van der Waals surface area contributed by atoms with Crippen LogP contribution in [0.15, 0.2) is 64.9 Å². The van der Waals surface area contributed by atoms with Gasteiger partial charge in [-0.1, -0.05) is 11.2 Å². The molecule has 5 rings (SSSR count). The maximum atomic E-state index is 13.1. The Bertz CT molecular complexity index is 1390. The third-order valence-corrected chi connectivity index (χ3v) is 7.59. The summed E-state index contributed by atoms with van der Waals surface area (Å²) >= 11 is 2.47. The SMILES string of the molecule is Nc1nc(C(=NOCc2c[nH]cn2)C(=O)N[C@@H]2C(=O)N3C(C(=O)[O-])=C(C[n+]4ccccc4)CS[C@@H]23)cs1. The van der Waals surface area contributed by atoms with E-state index in [1.165, 1.54) is 23.0 Å². The number of carbonyl (C=O) groups is 3. The number of pyridine rings is 1. The lowest BCUT2D eigenvalue weighted by molar-refractivity contribution is -0.689. The topological polar surface area (TPSA) is 183 Å². The van der Waals surface area contributed by atoms with Crippen LogP contribution in [0.1, 0.15) is 11.4 Å². The standard InChI is InChI=1S/C22H20N8O5S2/c23-22-26-14(10-37-22)15(28-35-8-13-6-24-11-25-13)18(31)27-16-19(32)30-17(21(33)34)12(9-36-20(16)30)7-29-4-2-1-3-5-29/h1-6,10-11,16,20H,7-9H2,(H4-,23,24,25,26,27,31,33,34)/t16-,20+/m1/s1. The number of imidazole rings is 1. The molecule has 3 aromatic rings. The molecule has 0 radical (unpaired) electrons. The van der Waals surface area contributed by atoms with Gasteiger partial charge in [-0.15, -0.1) is 23.1 Å². The van der Waals surface area contributed by atoms with Crippen LogP contribution in [-0.2, 0) is 32.4 Å². The number of nitrogens with one attached hydrogen (secondary N) is 2. The Morgan fingerprint density at radius 2 is 2.16 bits per heavy atom. The van der Waals surface area contributed by atoms with Crippen molar-refractivity contribution in [2.75, 3.05) is 11.5 Å². The molecule has 2 amide bonds. The number of thiazole rings is 1. The van der Waals surface area contributed by atoms with Crippen molar-refractivity contribution in [2.24, 2.45) is 5.16 Å². The van der Waals surface area contributed by atoms with E-state index in [9.17, 15) is 19.5 Å². The number of hydrogen-bond donors (Lipinski definition) is 3. The molecular formula is C22H20N8O5S2. The van der Waals surface area contributed by atoms with Crippen LogP contribution in [0.3, 0.4) is 0 Å². The van der Waals surface area contributed by atoms with Gasteiger partial charge in [0, 0.05) is 35.0 Å². The summed E-state index contributed by atoms with van der Waals surface area (Å²) in [6.45, 7) is 0.288. The molecule has 13 nitrogen and oxygen atoms in total. The molecule has 15 heteroatoms. The zero-order valence-electron chi connectivity index (χ0n) is 19.1. The number of carbonyl (C=O) groups excluding carboxylic acids is 3. The zero-order chi connectivity index (χ0) is 25.9. The minimum absolute atomic E-state index is 0.00349. The van der Waals surface area contributed by atoms with Crippen molar-refractivity contribution in [1.29, 1.82) is 0 Å². The van der Waals surface area contributed by atoms with Gasteiger partial charge in [0.25, 0.3) is 11.8 Å². The number of aromatic nitrogens is 4. The van der Waals surface area contributed by atoms with E-state index in [0.29, 0.717) is 23.6 Å². The molecule has 0 spiro atoms. The first-order valence-corrected chi connectivity index (χ1v) is 12.9. The monoisotopic (exact) mass is 540 g/mol. The quantitative estimate of drug-likeness (QED) is 0.129. The van der Waals surface area contributed by atoms with E-state index in [-0.39, 0.29) is 28.8 Å². The number of H-pyrrole nitrogens is 1. The van der Waals surface area contributed by atoms with Crippen molar-refractivity contribution in [3.8, 4) is 0 Å². The minimum atomic E-state index is -1.44. The van der Waals surface area contributed by atoms with Crippen LogP contribution in [0.5, 0.6) is 0 Å². The second kappa shape index (κ2) is 10.4. The molecular weight excluding hydrogens is 520 g/mol. The highest BCUT2D eigenvalue weighted by Crippen LogP contribution is 2.40. The van der Waals surface area contributed by atoms with Gasteiger partial charge in [-0.2, -0.15) is 0 Å². The highest BCUT2D eigenvalue weighted by atomic mass is 32.2. The van der Waals surface area contributed by atoms with E-state index in [1.54, 1.807) is 24.0 Å². The summed E-state index contributed by atoms with van der Waals surface area (Å²) in [4.78, 5) is 55.5. The third-order valence-electron chi connectivity index (χ3n) is 5.58. The average Bonchev–Trinajstić information content (AvgIpc) is 3.57. The van der Waals surface area contributed by atoms with Crippen molar-refractivity contribution in [1.82, 2.24) is 25.2 Å². The van der Waals surface area contributed by atoms with E-state index < -0.39 is 29.2 Å². The zero-order valence-corrected chi connectivity index (χ0v) is 20.7. The summed E-state index contributed by atoms with van der Waals surface area (Å²) in [6.07, 6.45) is 6.70. The van der Waals surface area contributed by atoms with Gasteiger partial charge in [0.2, 0.25) is 0 Å². The molecule has 3 aromatic heterocycles. The van der Waals surface area contributed by atoms with E-state index in [2.05, 4.69) is 25.4 Å². The number of nitrogens with two attached hydrogens (primary N) is 1. The first-order valence-electron chi connectivity index (χ1n) is 10.9. The fourth-order valence-electron chi connectivity index (χ4n) is 3.90. The average molecular weight is 541 g/mol. The van der Waals surface area contributed by atoms with Gasteiger partial charge in [-0.3, -0.25) is 14.5 Å². The van der Waals surface area contributed by atoms with Gasteiger partial charge in [0.1, 0.15) is 17.1 Å². The van der Waals surface area contributed by atoms with E-state index in [0.717, 1.165) is 11.3 Å². The van der Waals surface area contributed by atoms with Crippen LogP contribution >= 0.6 is 23.1 Å². The van der Waals surface area contributed by atoms with E-state index in [1.807, 2.05) is 22.8 Å². The summed E-state index contributed by atoms with van der Waals surface area (Å²) in [5.74, 6) is -2.37. The summed E-state index contributed by atoms with van der Waals surface area (Å²) in [6, 6.07) is 4.53. The minimum Gasteiger partial charge on any atom is -0.543 e. The van der Waals surface area contributed by atoms with E-state index in [4.69, 9.17) is 10.6 Å². The molecule has 5 heterocycles. The van der Waals surface area contributed by atoms with Crippen molar-refractivity contribution in [3.63, 3.8) is 0 Å². The second-order valence-electron chi connectivity index (χ2n) is 7.99. The lowest BCUT2D eigenvalue weighted by atomic mass is 10.0.